The molecule has 86 valence electrons. The fourth-order valence-corrected chi connectivity index (χ4v) is 2.20. The zero-order valence-electron chi connectivity index (χ0n) is 9.12. The largest absolute Gasteiger partial charge is 0.370 e. The Morgan fingerprint density at radius 3 is 2.80 bits per heavy atom. The Balaban J connectivity index is 1.86. The number of halogens is 1. The molecule has 15 heavy (non-hydrogen) atoms. The zero-order chi connectivity index (χ0) is 10.8. The standard InChI is InChI=1S/C11H18ClNO2/c1-8-6-13(7-10(5-12)15-8)11(14)4-9-2-3-9/h8-10H,2-7H2,1H3. The number of alkyl halides is 1. The molecule has 0 aromatic rings. The average molecular weight is 232 g/mol. The fourth-order valence-electron chi connectivity index (χ4n) is 2.03. The van der Waals surface area contributed by atoms with Gasteiger partial charge in [-0.2, -0.15) is 0 Å². The summed E-state index contributed by atoms with van der Waals surface area (Å²) in [6.07, 6.45) is 3.31. The van der Waals surface area contributed by atoms with Crippen LogP contribution in [0.1, 0.15) is 26.2 Å². The number of hydrogen-bond donors (Lipinski definition) is 0. The number of ether oxygens (including phenoxy) is 1. The van der Waals surface area contributed by atoms with E-state index in [2.05, 4.69) is 0 Å². The van der Waals surface area contributed by atoms with E-state index < -0.39 is 0 Å². The van der Waals surface area contributed by atoms with Gasteiger partial charge in [-0.15, -0.1) is 11.6 Å². The molecule has 0 aromatic carbocycles. The molecule has 1 amide bonds. The van der Waals surface area contributed by atoms with Crippen LogP contribution < -0.4 is 0 Å². The second-order valence-corrected chi connectivity index (χ2v) is 4.98. The first-order chi connectivity index (χ1) is 7.19. The molecule has 0 bridgehead atoms. The van der Waals surface area contributed by atoms with Crippen molar-refractivity contribution in [3.8, 4) is 0 Å². The molecule has 2 aliphatic rings. The van der Waals surface area contributed by atoms with Gasteiger partial charge in [-0.1, -0.05) is 0 Å². The molecule has 0 spiro atoms. The highest BCUT2D eigenvalue weighted by molar-refractivity contribution is 6.18. The molecule has 2 unspecified atom stereocenters. The number of nitrogens with zero attached hydrogens (tertiary/aromatic N) is 1. The average Bonchev–Trinajstić information content (AvgIpc) is 3.00. The summed E-state index contributed by atoms with van der Waals surface area (Å²) in [5, 5.41) is 0. The molecule has 1 aliphatic heterocycles. The van der Waals surface area contributed by atoms with E-state index in [1.54, 1.807) is 0 Å². The second-order valence-electron chi connectivity index (χ2n) is 4.67. The second kappa shape index (κ2) is 4.71. The van der Waals surface area contributed by atoms with Crippen molar-refractivity contribution in [1.29, 1.82) is 0 Å². The summed E-state index contributed by atoms with van der Waals surface area (Å²) in [5.41, 5.74) is 0. The Hall–Kier alpha value is -0.280. The Kier molecular flexibility index (Phi) is 3.52. The summed E-state index contributed by atoms with van der Waals surface area (Å²) in [5.74, 6) is 1.41. The summed E-state index contributed by atoms with van der Waals surface area (Å²) < 4.78 is 5.61. The van der Waals surface area contributed by atoms with Gasteiger partial charge in [-0.3, -0.25) is 4.79 Å². The maximum Gasteiger partial charge on any atom is 0.223 e. The molecule has 4 heteroatoms. The smallest absolute Gasteiger partial charge is 0.223 e. The van der Waals surface area contributed by atoms with Crippen LogP contribution in [0.15, 0.2) is 0 Å². The molecular formula is C11H18ClNO2. The predicted molar refractivity (Wildman–Crippen MR) is 59.0 cm³/mol. The highest BCUT2D eigenvalue weighted by Crippen LogP contribution is 2.33. The SMILES string of the molecule is CC1CN(C(=O)CC2CC2)CC(CCl)O1. The van der Waals surface area contributed by atoms with Gasteiger partial charge in [0.1, 0.15) is 0 Å². The Morgan fingerprint density at radius 2 is 2.20 bits per heavy atom. The topological polar surface area (TPSA) is 29.5 Å². The van der Waals surface area contributed by atoms with Crippen molar-refractivity contribution >= 4 is 17.5 Å². The lowest BCUT2D eigenvalue weighted by Gasteiger charge is -2.36. The van der Waals surface area contributed by atoms with E-state index in [1.807, 2.05) is 11.8 Å². The van der Waals surface area contributed by atoms with E-state index in [0.717, 1.165) is 13.0 Å². The van der Waals surface area contributed by atoms with Crippen LogP contribution in [0.25, 0.3) is 0 Å². The summed E-state index contributed by atoms with van der Waals surface area (Å²) in [7, 11) is 0. The fraction of sp³-hybridized carbons (Fsp3) is 0.909. The molecule has 0 aromatic heterocycles. The predicted octanol–water partition coefficient (Wildman–Crippen LogP) is 1.64. The van der Waals surface area contributed by atoms with Crippen molar-refractivity contribution in [1.82, 2.24) is 4.90 Å². The first-order valence-corrected chi connectivity index (χ1v) is 6.21. The molecule has 2 rings (SSSR count). The summed E-state index contributed by atoms with van der Waals surface area (Å²) in [4.78, 5) is 13.8. The molecule has 2 atom stereocenters. The van der Waals surface area contributed by atoms with Crippen molar-refractivity contribution in [3.05, 3.63) is 0 Å². The first-order valence-electron chi connectivity index (χ1n) is 5.68. The van der Waals surface area contributed by atoms with E-state index in [4.69, 9.17) is 16.3 Å². The van der Waals surface area contributed by atoms with Crippen LogP contribution in [0.4, 0.5) is 0 Å². The molecule has 1 saturated carbocycles. The number of amides is 1. The maximum absolute atomic E-state index is 11.9. The van der Waals surface area contributed by atoms with Crippen LogP contribution in [0, 0.1) is 5.92 Å². The number of carbonyl (C=O) groups excluding carboxylic acids is 1. The highest BCUT2D eigenvalue weighted by atomic mass is 35.5. The highest BCUT2D eigenvalue weighted by Gasteiger charge is 2.31. The molecular weight excluding hydrogens is 214 g/mol. The van der Waals surface area contributed by atoms with Crippen molar-refractivity contribution in [2.45, 2.75) is 38.4 Å². The quantitative estimate of drug-likeness (QED) is 0.692. The third-order valence-corrected chi connectivity index (χ3v) is 3.36. The van der Waals surface area contributed by atoms with E-state index in [0.29, 0.717) is 18.3 Å². The summed E-state index contributed by atoms with van der Waals surface area (Å²) in [6.45, 7) is 3.38. The lowest BCUT2D eigenvalue weighted by Crippen LogP contribution is -2.49. The molecule has 0 radical (unpaired) electrons. The van der Waals surface area contributed by atoms with Gasteiger partial charge in [-0.05, 0) is 25.7 Å². The summed E-state index contributed by atoms with van der Waals surface area (Å²) >= 11 is 5.77. The van der Waals surface area contributed by atoms with Gasteiger partial charge >= 0.3 is 0 Å². The minimum Gasteiger partial charge on any atom is -0.370 e. The minimum absolute atomic E-state index is 0.0126. The van der Waals surface area contributed by atoms with Crippen molar-refractivity contribution in [2.75, 3.05) is 19.0 Å². The van der Waals surface area contributed by atoms with Gasteiger partial charge in [0.15, 0.2) is 0 Å². The number of hydrogen-bond acceptors (Lipinski definition) is 2. The number of rotatable bonds is 3. The van der Waals surface area contributed by atoms with Gasteiger partial charge in [-0.25, -0.2) is 0 Å². The maximum atomic E-state index is 11.9. The number of morpholine rings is 1. The monoisotopic (exact) mass is 231 g/mol. The van der Waals surface area contributed by atoms with Crippen molar-refractivity contribution in [3.63, 3.8) is 0 Å². The van der Waals surface area contributed by atoms with Gasteiger partial charge < -0.3 is 9.64 Å². The van der Waals surface area contributed by atoms with Crippen LogP contribution in [-0.2, 0) is 9.53 Å². The third kappa shape index (κ3) is 3.08. The van der Waals surface area contributed by atoms with Crippen LogP contribution >= 0.6 is 11.6 Å². The molecule has 1 saturated heterocycles. The molecule has 1 aliphatic carbocycles. The normalized spacial score (nSPS) is 31.7. The van der Waals surface area contributed by atoms with E-state index in [9.17, 15) is 4.79 Å². The van der Waals surface area contributed by atoms with E-state index in [1.165, 1.54) is 12.8 Å². The summed E-state index contributed by atoms with van der Waals surface area (Å²) in [6, 6.07) is 0. The lowest BCUT2D eigenvalue weighted by atomic mass is 10.2. The Labute approximate surface area is 95.7 Å². The van der Waals surface area contributed by atoms with E-state index >= 15 is 0 Å². The van der Waals surface area contributed by atoms with Crippen LogP contribution in [-0.4, -0.2) is 42.0 Å². The van der Waals surface area contributed by atoms with Crippen LogP contribution in [0.5, 0.6) is 0 Å². The third-order valence-electron chi connectivity index (χ3n) is 3.01. The van der Waals surface area contributed by atoms with Crippen molar-refractivity contribution in [2.24, 2.45) is 5.92 Å². The first kappa shape index (κ1) is 11.2. The minimum atomic E-state index is 0.0126. The van der Waals surface area contributed by atoms with Gasteiger partial charge in [0.25, 0.3) is 0 Å². The number of carbonyl (C=O) groups is 1. The van der Waals surface area contributed by atoms with Crippen LogP contribution in [0.3, 0.4) is 0 Å². The zero-order valence-corrected chi connectivity index (χ0v) is 9.87. The van der Waals surface area contributed by atoms with Gasteiger partial charge in [0.2, 0.25) is 5.91 Å². The molecule has 3 nitrogen and oxygen atoms in total. The van der Waals surface area contributed by atoms with E-state index in [-0.39, 0.29) is 18.1 Å². The van der Waals surface area contributed by atoms with Gasteiger partial charge in [0.05, 0.1) is 18.1 Å². The Morgan fingerprint density at radius 1 is 1.47 bits per heavy atom. The van der Waals surface area contributed by atoms with Crippen LogP contribution in [0.2, 0.25) is 0 Å². The van der Waals surface area contributed by atoms with Gasteiger partial charge in [0, 0.05) is 19.5 Å². The molecule has 1 heterocycles. The Bertz CT molecular complexity index is 243. The van der Waals surface area contributed by atoms with Crippen molar-refractivity contribution < 1.29 is 9.53 Å². The lowest BCUT2D eigenvalue weighted by molar-refractivity contribution is -0.143. The molecule has 2 fully saturated rings. The molecule has 0 N–H and O–H groups in total.